The van der Waals surface area contributed by atoms with Gasteiger partial charge in [-0.05, 0) is 24.6 Å². The first kappa shape index (κ1) is 14.0. The minimum absolute atomic E-state index is 0.0340. The van der Waals surface area contributed by atoms with Gasteiger partial charge in [0.1, 0.15) is 5.82 Å². The third-order valence-corrected chi connectivity index (χ3v) is 3.33. The Hall–Kier alpha value is -1.39. The second kappa shape index (κ2) is 6.17. The Morgan fingerprint density at radius 1 is 1.47 bits per heavy atom. The molecular weight excluding hydrogens is 265 g/mol. The number of likely N-dealkylation sites (N-methyl/N-ethyl adjacent to an activating group) is 1. The number of nitrogens with one attached hydrogen (secondary N) is 1. The second-order valence-corrected chi connectivity index (χ2v) is 4.88. The first-order valence-electron chi connectivity index (χ1n) is 6.26. The zero-order valence-corrected chi connectivity index (χ0v) is 11.8. The minimum atomic E-state index is -0.337. The van der Waals surface area contributed by atoms with E-state index < -0.39 is 0 Å². The molecule has 19 heavy (non-hydrogen) atoms. The van der Waals surface area contributed by atoms with Crippen LogP contribution in [0.5, 0.6) is 0 Å². The van der Waals surface area contributed by atoms with Crippen LogP contribution in [0.25, 0.3) is 0 Å². The van der Waals surface area contributed by atoms with Gasteiger partial charge in [0.05, 0.1) is 11.2 Å². The average molecular weight is 282 g/mol. The Kier molecular flexibility index (Phi) is 4.56. The molecule has 0 saturated heterocycles. The molecule has 1 heterocycles. The molecule has 0 aliphatic rings. The summed E-state index contributed by atoms with van der Waals surface area (Å²) in [4.78, 5) is 0. The molecule has 1 N–H and O–H groups in total. The lowest BCUT2D eigenvalue weighted by atomic mass is 10.0. The molecule has 0 bridgehead atoms. The van der Waals surface area contributed by atoms with Gasteiger partial charge in [-0.2, -0.15) is 5.10 Å². The normalized spacial score (nSPS) is 12.6. The highest BCUT2D eigenvalue weighted by Crippen LogP contribution is 2.23. The topological polar surface area (TPSA) is 29.9 Å². The summed E-state index contributed by atoms with van der Waals surface area (Å²) < 4.78 is 15.7. The minimum Gasteiger partial charge on any atom is -0.310 e. The molecule has 0 fully saturated rings. The molecule has 0 spiro atoms. The first-order valence-corrected chi connectivity index (χ1v) is 6.64. The number of hydrogen-bond acceptors (Lipinski definition) is 2. The standard InChI is InChI=1S/C14H17ClFN3/c1-3-17-13(11-8-18-19(2)9-11)7-10-5-4-6-12(15)14(10)16/h4-6,8-9,13,17H,3,7H2,1-2H3. The first-order chi connectivity index (χ1) is 9.11. The van der Waals surface area contributed by atoms with E-state index >= 15 is 0 Å². The van der Waals surface area contributed by atoms with E-state index in [-0.39, 0.29) is 16.9 Å². The largest absolute Gasteiger partial charge is 0.310 e. The lowest BCUT2D eigenvalue weighted by molar-refractivity contribution is 0.528. The van der Waals surface area contributed by atoms with E-state index in [0.717, 1.165) is 12.1 Å². The Bertz CT molecular complexity index is 553. The maximum Gasteiger partial charge on any atom is 0.145 e. The molecule has 3 nitrogen and oxygen atoms in total. The molecule has 0 amide bonds. The summed E-state index contributed by atoms with van der Waals surface area (Å²) >= 11 is 5.81. The van der Waals surface area contributed by atoms with Gasteiger partial charge in [-0.1, -0.05) is 30.7 Å². The van der Waals surface area contributed by atoms with Crippen LogP contribution in [-0.2, 0) is 13.5 Å². The summed E-state index contributed by atoms with van der Waals surface area (Å²) in [5.41, 5.74) is 1.66. The average Bonchev–Trinajstić information content (AvgIpc) is 2.81. The van der Waals surface area contributed by atoms with Gasteiger partial charge in [0.2, 0.25) is 0 Å². The highest BCUT2D eigenvalue weighted by molar-refractivity contribution is 6.30. The SMILES string of the molecule is CCNC(Cc1cccc(Cl)c1F)c1cnn(C)c1. The predicted molar refractivity (Wildman–Crippen MR) is 74.7 cm³/mol. The molecule has 1 aromatic heterocycles. The number of halogens is 2. The summed E-state index contributed by atoms with van der Waals surface area (Å²) in [6.07, 6.45) is 4.29. The van der Waals surface area contributed by atoms with Crippen LogP contribution in [-0.4, -0.2) is 16.3 Å². The van der Waals surface area contributed by atoms with E-state index in [1.807, 2.05) is 20.2 Å². The van der Waals surface area contributed by atoms with Crippen LogP contribution in [0.3, 0.4) is 0 Å². The molecule has 1 atom stereocenters. The van der Waals surface area contributed by atoms with Gasteiger partial charge in [0.25, 0.3) is 0 Å². The van der Waals surface area contributed by atoms with Gasteiger partial charge in [-0.15, -0.1) is 0 Å². The Morgan fingerprint density at radius 2 is 2.26 bits per heavy atom. The van der Waals surface area contributed by atoms with Crippen molar-refractivity contribution in [2.45, 2.75) is 19.4 Å². The molecule has 1 aromatic carbocycles. The van der Waals surface area contributed by atoms with Crippen LogP contribution in [0.2, 0.25) is 5.02 Å². The number of aromatic nitrogens is 2. The number of benzene rings is 1. The van der Waals surface area contributed by atoms with Gasteiger partial charge in [-0.25, -0.2) is 4.39 Å². The molecule has 102 valence electrons. The molecular formula is C14H17ClFN3. The highest BCUT2D eigenvalue weighted by atomic mass is 35.5. The fourth-order valence-corrected chi connectivity index (χ4v) is 2.29. The van der Waals surface area contributed by atoms with Crippen molar-refractivity contribution in [3.05, 3.63) is 52.6 Å². The monoisotopic (exact) mass is 281 g/mol. The fraction of sp³-hybridized carbons (Fsp3) is 0.357. The maximum atomic E-state index is 13.9. The van der Waals surface area contributed by atoms with Crippen molar-refractivity contribution >= 4 is 11.6 Å². The summed E-state index contributed by atoms with van der Waals surface area (Å²) in [7, 11) is 1.87. The van der Waals surface area contributed by atoms with Crippen molar-refractivity contribution in [3.63, 3.8) is 0 Å². The number of hydrogen-bond donors (Lipinski definition) is 1. The van der Waals surface area contributed by atoms with Crippen molar-refractivity contribution in [2.24, 2.45) is 7.05 Å². The summed E-state index contributed by atoms with van der Waals surface area (Å²) in [5.74, 6) is -0.337. The van der Waals surface area contributed by atoms with Crippen molar-refractivity contribution in [3.8, 4) is 0 Å². The van der Waals surface area contributed by atoms with Crippen LogP contribution in [0.4, 0.5) is 4.39 Å². The summed E-state index contributed by atoms with van der Waals surface area (Å²) in [5, 5.41) is 7.67. The van der Waals surface area contributed by atoms with E-state index in [2.05, 4.69) is 10.4 Å². The van der Waals surface area contributed by atoms with E-state index in [9.17, 15) is 4.39 Å². The van der Waals surface area contributed by atoms with Gasteiger partial charge in [-0.3, -0.25) is 4.68 Å². The maximum absolute atomic E-state index is 13.9. The summed E-state index contributed by atoms with van der Waals surface area (Å²) in [6, 6.07) is 5.13. The Balaban J connectivity index is 2.23. The Morgan fingerprint density at radius 3 is 2.89 bits per heavy atom. The molecule has 2 aromatic rings. The Labute approximate surface area is 117 Å². The van der Waals surface area contributed by atoms with E-state index in [0.29, 0.717) is 12.0 Å². The summed E-state index contributed by atoms with van der Waals surface area (Å²) in [6.45, 7) is 2.83. The smallest absolute Gasteiger partial charge is 0.145 e. The van der Waals surface area contributed by atoms with Gasteiger partial charge < -0.3 is 5.32 Å². The van der Waals surface area contributed by atoms with Crippen molar-refractivity contribution in [2.75, 3.05) is 6.54 Å². The molecule has 5 heteroatoms. The van der Waals surface area contributed by atoms with Crippen LogP contribution in [0.1, 0.15) is 24.1 Å². The van der Waals surface area contributed by atoms with Crippen LogP contribution in [0.15, 0.2) is 30.6 Å². The fourth-order valence-electron chi connectivity index (χ4n) is 2.10. The third kappa shape index (κ3) is 3.33. The highest BCUT2D eigenvalue weighted by Gasteiger charge is 2.16. The third-order valence-electron chi connectivity index (χ3n) is 3.03. The lowest BCUT2D eigenvalue weighted by Crippen LogP contribution is -2.23. The van der Waals surface area contributed by atoms with Crippen LogP contribution in [0, 0.1) is 5.82 Å². The van der Waals surface area contributed by atoms with Crippen molar-refractivity contribution < 1.29 is 4.39 Å². The zero-order valence-electron chi connectivity index (χ0n) is 11.0. The number of nitrogens with zero attached hydrogens (tertiary/aromatic N) is 2. The lowest BCUT2D eigenvalue weighted by Gasteiger charge is -2.17. The van der Waals surface area contributed by atoms with Gasteiger partial charge in [0.15, 0.2) is 0 Å². The van der Waals surface area contributed by atoms with Gasteiger partial charge >= 0.3 is 0 Å². The van der Waals surface area contributed by atoms with E-state index in [4.69, 9.17) is 11.6 Å². The van der Waals surface area contributed by atoms with E-state index in [1.54, 1.807) is 29.1 Å². The van der Waals surface area contributed by atoms with Gasteiger partial charge in [0, 0.05) is 24.8 Å². The predicted octanol–water partition coefficient (Wildman–Crippen LogP) is 3.11. The quantitative estimate of drug-likeness (QED) is 0.913. The number of rotatable bonds is 5. The molecule has 0 saturated carbocycles. The van der Waals surface area contributed by atoms with E-state index in [1.165, 1.54) is 0 Å². The second-order valence-electron chi connectivity index (χ2n) is 4.47. The number of aryl methyl sites for hydroxylation is 1. The molecule has 0 aliphatic heterocycles. The molecule has 0 aliphatic carbocycles. The van der Waals surface area contributed by atoms with Crippen molar-refractivity contribution in [1.29, 1.82) is 0 Å². The van der Waals surface area contributed by atoms with Crippen LogP contribution >= 0.6 is 11.6 Å². The van der Waals surface area contributed by atoms with Crippen LogP contribution < -0.4 is 5.32 Å². The molecule has 0 radical (unpaired) electrons. The molecule has 2 rings (SSSR count). The molecule has 1 unspecified atom stereocenters. The zero-order chi connectivity index (χ0) is 13.8. The van der Waals surface area contributed by atoms with Crippen molar-refractivity contribution in [1.82, 2.24) is 15.1 Å².